The number of piperidine rings is 1. The Morgan fingerprint density at radius 2 is 2.27 bits per heavy atom. The van der Waals surface area contributed by atoms with Crippen LogP contribution in [0.15, 0.2) is 18.2 Å². The van der Waals surface area contributed by atoms with Gasteiger partial charge in [-0.25, -0.2) is 0 Å². The largest absolute Gasteiger partial charge is 0.490 e. The summed E-state index contributed by atoms with van der Waals surface area (Å²) in [6.45, 7) is 3.90. The normalized spacial score (nSPS) is 21.4. The van der Waals surface area contributed by atoms with Gasteiger partial charge in [0.25, 0.3) is 5.91 Å². The highest BCUT2D eigenvalue weighted by Gasteiger charge is 2.22. The highest BCUT2D eigenvalue weighted by atomic mass is 35.5. The third-order valence-corrected chi connectivity index (χ3v) is 3.93. The monoisotopic (exact) mass is 326 g/mol. The number of carbonyl (C=O) groups is 1. The molecule has 5 nitrogen and oxygen atoms in total. The minimum atomic E-state index is -0.144. The second-order valence-corrected chi connectivity index (χ2v) is 5.97. The van der Waals surface area contributed by atoms with Crippen LogP contribution in [0.3, 0.4) is 0 Å². The number of hydrogen-bond donors (Lipinski definition) is 2. The molecule has 0 bridgehead atoms. The molecule has 1 heterocycles. The van der Waals surface area contributed by atoms with Gasteiger partial charge >= 0.3 is 0 Å². The first-order valence-electron chi connectivity index (χ1n) is 7.55. The van der Waals surface area contributed by atoms with E-state index in [2.05, 4.69) is 17.6 Å². The van der Waals surface area contributed by atoms with Gasteiger partial charge in [0.2, 0.25) is 0 Å². The molecule has 1 saturated heterocycles. The summed E-state index contributed by atoms with van der Waals surface area (Å²) in [6, 6.07) is 5.67. The average molecular weight is 327 g/mol. The van der Waals surface area contributed by atoms with Gasteiger partial charge in [-0.05, 0) is 44.5 Å². The predicted molar refractivity (Wildman–Crippen MR) is 86.8 cm³/mol. The van der Waals surface area contributed by atoms with Crippen molar-refractivity contribution in [3.8, 4) is 5.75 Å². The van der Waals surface area contributed by atoms with Crippen LogP contribution in [-0.2, 0) is 4.74 Å². The fourth-order valence-electron chi connectivity index (χ4n) is 2.57. The summed E-state index contributed by atoms with van der Waals surface area (Å²) in [7, 11) is 1.61. The Morgan fingerprint density at radius 1 is 1.45 bits per heavy atom. The van der Waals surface area contributed by atoms with E-state index in [0.29, 0.717) is 35.6 Å². The smallest absolute Gasteiger partial charge is 0.255 e. The molecule has 1 aliphatic heterocycles. The average Bonchev–Trinajstić information content (AvgIpc) is 2.49. The van der Waals surface area contributed by atoms with Gasteiger partial charge in [0, 0.05) is 24.2 Å². The first kappa shape index (κ1) is 17.1. The van der Waals surface area contributed by atoms with Crippen LogP contribution in [0.2, 0.25) is 5.02 Å². The minimum absolute atomic E-state index is 0.144. The Balaban J connectivity index is 2.05. The molecule has 22 heavy (non-hydrogen) atoms. The number of benzene rings is 1. The minimum Gasteiger partial charge on any atom is -0.490 e. The molecule has 6 heteroatoms. The van der Waals surface area contributed by atoms with Gasteiger partial charge in [0.1, 0.15) is 12.4 Å². The van der Waals surface area contributed by atoms with Gasteiger partial charge in [-0.3, -0.25) is 4.79 Å². The highest BCUT2D eigenvalue weighted by Crippen LogP contribution is 2.23. The zero-order valence-corrected chi connectivity index (χ0v) is 13.8. The molecule has 2 atom stereocenters. The molecule has 0 spiro atoms. The summed E-state index contributed by atoms with van der Waals surface area (Å²) in [5.41, 5.74) is 0.467. The molecule has 0 saturated carbocycles. The van der Waals surface area contributed by atoms with Crippen LogP contribution in [0, 0.1) is 0 Å². The zero-order valence-electron chi connectivity index (χ0n) is 13.0. The number of nitrogens with one attached hydrogen (secondary N) is 2. The lowest BCUT2D eigenvalue weighted by Crippen LogP contribution is -2.46. The van der Waals surface area contributed by atoms with Crippen molar-refractivity contribution in [1.82, 2.24) is 10.6 Å². The zero-order chi connectivity index (χ0) is 15.9. The van der Waals surface area contributed by atoms with Gasteiger partial charge in [-0.15, -0.1) is 0 Å². The van der Waals surface area contributed by atoms with E-state index >= 15 is 0 Å². The van der Waals surface area contributed by atoms with Gasteiger partial charge in [0.05, 0.1) is 12.2 Å². The number of hydrogen-bond acceptors (Lipinski definition) is 4. The van der Waals surface area contributed by atoms with E-state index in [4.69, 9.17) is 21.1 Å². The number of halogens is 1. The van der Waals surface area contributed by atoms with Crippen molar-refractivity contribution >= 4 is 17.5 Å². The summed E-state index contributed by atoms with van der Waals surface area (Å²) in [6.07, 6.45) is 1.85. The van der Waals surface area contributed by atoms with E-state index < -0.39 is 0 Å². The molecular formula is C16H23ClN2O3. The van der Waals surface area contributed by atoms with E-state index in [1.807, 2.05) is 0 Å². The lowest BCUT2D eigenvalue weighted by Gasteiger charge is -2.28. The van der Waals surface area contributed by atoms with Crippen LogP contribution in [0.1, 0.15) is 30.1 Å². The standard InChI is InChI=1S/C16H23ClN2O3/c1-11-9-13(5-6-18-11)19-16(20)14-10-12(17)3-4-15(14)22-8-7-21-2/h3-4,10-11,13,18H,5-9H2,1-2H3,(H,19,20). The Morgan fingerprint density at radius 3 is 3.00 bits per heavy atom. The van der Waals surface area contributed by atoms with Crippen molar-refractivity contribution in [1.29, 1.82) is 0 Å². The van der Waals surface area contributed by atoms with Crippen molar-refractivity contribution in [3.63, 3.8) is 0 Å². The van der Waals surface area contributed by atoms with Crippen LogP contribution in [0.5, 0.6) is 5.75 Å². The van der Waals surface area contributed by atoms with Gasteiger partial charge < -0.3 is 20.1 Å². The van der Waals surface area contributed by atoms with Crippen molar-refractivity contribution in [2.45, 2.75) is 31.8 Å². The Kier molecular flexibility index (Phi) is 6.49. The van der Waals surface area contributed by atoms with Crippen molar-refractivity contribution < 1.29 is 14.3 Å². The SMILES string of the molecule is COCCOc1ccc(Cl)cc1C(=O)NC1CCNC(C)C1. The first-order valence-corrected chi connectivity index (χ1v) is 7.93. The van der Waals surface area contributed by atoms with Crippen LogP contribution in [-0.4, -0.2) is 44.9 Å². The maximum Gasteiger partial charge on any atom is 0.255 e. The fourth-order valence-corrected chi connectivity index (χ4v) is 2.74. The molecule has 0 radical (unpaired) electrons. The molecule has 122 valence electrons. The first-order chi connectivity index (χ1) is 10.6. The van der Waals surface area contributed by atoms with Crippen molar-refractivity contribution in [2.24, 2.45) is 0 Å². The molecular weight excluding hydrogens is 304 g/mol. The Hall–Kier alpha value is -1.30. The van der Waals surface area contributed by atoms with Crippen LogP contribution in [0.25, 0.3) is 0 Å². The molecule has 1 aliphatic rings. The molecule has 1 aromatic carbocycles. The molecule has 0 aromatic heterocycles. The Bertz CT molecular complexity index is 510. The molecule has 2 N–H and O–H groups in total. The Labute approximate surface area is 136 Å². The van der Waals surface area contributed by atoms with E-state index in [1.54, 1.807) is 25.3 Å². The second-order valence-electron chi connectivity index (χ2n) is 5.53. The number of amides is 1. The van der Waals surface area contributed by atoms with Gasteiger partial charge in [-0.1, -0.05) is 11.6 Å². The van der Waals surface area contributed by atoms with Gasteiger partial charge in [-0.2, -0.15) is 0 Å². The maximum atomic E-state index is 12.5. The summed E-state index contributed by atoms with van der Waals surface area (Å²) in [4.78, 5) is 12.5. The van der Waals surface area contributed by atoms with Crippen LogP contribution < -0.4 is 15.4 Å². The second kappa shape index (κ2) is 8.36. The van der Waals surface area contributed by atoms with E-state index in [0.717, 1.165) is 19.4 Å². The lowest BCUT2D eigenvalue weighted by atomic mass is 10.00. The molecule has 1 amide bonds. The quantitative estimate of drug-likeness (QED) is 0.787. The number of carbonyl (C=O) groups excluding carboxylic acids is 1. The molecule has 1 aromatic rings. The predicted octanol–water partition coefficient (Wildman–Crippen LogP) is 2.24. The summed E-state index contributed by atoms with van der Waals surface area (Å²) in [5, 5.41) is 6.96. The third kappa shape index (κ3) is 4.87. The van der Waals surface area contributed by atoms with Crippen molar-refractivity contribution in [3.05, 3.63) is 28.8 Å². The summed E-state index contributed by atoms with van der Waals surface area (Å²) < 4.78 is 10.6. The fraction of sp³-hybridized carbons (Fsp3) is 0.562. The van der Waals surface area contributed by atoms with E-state index in [1.165, 1.54) is 0 Å². The van der Waals surface area contributed by atoms with E-state index in [9.17, 15) is 4.79 Å². The molecule has 2 unspecified atom stereocenters. The molecule has 1 fully saturated rings. The third-order valence-electron chi connectivity index (χ3n) is 3.69. The lowest BCUT2D eigenvalue weighted by molar-refractivity contribution is 0.0918. The topological polar surface area (TPSA) is 59.6 Å². The van der Waals surface area contributed by atoms with Crippen LogP contribution in [0.4, 0.5) is 0 Å². The number of ether oxygens (including phenoxy) is 2. The molecule has 2 rings (SSSR count). The highest BCUT2D eigenvalue weighted by molar-refractivity contribution is 6.31. The summed E-state index contributed by atoms with van der Waals surface area (Å²) >= 11 is 6.02. The van der Waals surface area contributed by atoms with Crippen molar-refractivity contribution in [2.75, 3.05) is 26.9 Å². The number of methoxy groups -OCH3 is 1. The van der Waals surface area contributed by atoms with Crippen LogP contribution >= 0.6 is 11.6 Å². The molecule has 0 aliphatic carbocycles. The maximum absolute atomic E-state index is 12.5. The van der Waals surface area contributed by atoms with E-state index in [-0.39, 0.29) is 11.9 Å². The summed E-state index contributed by atoms with van der Waals surface area (Å²) in [5.74, 6) is 0.384. The number of rotatable bonds is 6. The van der Waals surface area contributed by atoms with Gasteiger partial charge in [0.15, 0.2) is 0 Å².